The van der Waals surface area contributed by atoms with Crippen molar-refractivity contribution in [2.24, 2.45) is 0 Å². The van der Waals surface area contributed by atoms with Crippen LogP contribution in [-0.2, 0) is 0 Å². The Morgan fingerprint density at radius 1 is 0.783 bits per heavy atom. The topological polar surface area (TPSA) is 64.7 Å². The molecule has 0 radical (unpaired) electrons. The molecule has 0 aliphatic rings. The van der Waals surface area contributed by atoms with E-state index in [-0.39, 0.29) is 0 Å². The highest BCUT2D eigenvalue weighted by molar-refractivity contribution is 6.01. The van der Waals surface area contributed by atoms with Crippen LogP contribution in [0.25, 0.3) is 44.4 Å². The summed E-state index contributed by atoms with van der Waals surface area (Å²) >= 11 is 0. The second kappa shape index (κ2) is 4.58. The highest BCUT2D eigenvalue weighted by Gasteiger charge is 2.13. The summed E-state index contributed by atoms with van der Waals surface area (Å²) in [5.74, 6) is 0. The minimum atomic E-state index is 0.498. The van der Waals surface area contributed by atoms with Gasteiger partial charge >= 0.3 is 0 Å². The molecule has 5 rings (SSSR count). The Kier molecular flexibility index (Phi) is 2.43. The predicted molar refractivity (Wildman–Crippen MR) is 87.8 cm³/mol. The molecule has 5 aromatic rings. The first kappa shape index (κ1) is 12.2. The van der Waals surface area contributed by atoms with Gasteiger partial charge in [0, 0.05) is 35.7 Å². The van der Waals surface area contributed by atoms with Crippen molar-refractivity contribution in [1.82, 2.24) is 19.9 Å². The Hall–Kier alpha value is -3.34. The fraction of sp³-hybridized carbons (Fsp3) is 0. The van der Waals surface area contributed by atoms with Crippen LogP contribution in [0.4, 0.5) is 0 Å². The lowest BCUT2D eigenvalue weighted by Crippen LogP contribution is -1.87. The number of nitrogens with zero attached hydrogens (tertiary/aromatic N) is 4. The first-order chi connectivity index (χ1) is 11.4. The summed E-state index contributed by atoms with van der Waals surface area (Å²) in [6.45, 7) is 0. The molecule has 4 aromatic heterocycles. The van der Waals surface area contributed by atoms with Gasteiger partial charge in [-0.2, -0.15) is 0 Å². The summed E-state index contributed by atoms with van der Waals surface area (Å²) in [6, 6.07) is 12.1. The van der Waals surface area contributed by atoms with E-state index < -0.39 is 0 Å². The minimum absolute atomic E-state index is 0.498. The van der Waals surface area contributed by atoms with E-state index in [0.29, 0.717) is 16.8 Å². The van der Waals surface area contributed by atoms with Crippen LogP contribution < -0.4 is 0 Å². The molecule has 1 aromatic carbocycles. The van der Waals surface area contributed by atoms with Gasteiger partial charge in [0.05, 0.1) is 5.69 Å². The van der Waals surface area contributed by atoms with E-state index in [9.17, 15) is 0 Å². The van der Waals surface area contributed by atoms with Crippen LogP contribution in [-0.4, -0.2) is 19.9 Å². The predicted octanol–water partition coefficient (Wildman–Crippen LogP) is 3.99. The van der Waals surface area contributed by atoms with Crippen LogP contribution in [0.1, 0.15) is 0 Å². The zero-order valence-corrected chi connectivity index (χ0v) is 12.0. The van der Waals surface area contributed by atoms with E-state index in [1.807, 2.05) is 30.5 Å². The third-order valence-electron chi connectivity index (χ3n) is 3.90. The molecule has 0 aliphatic heterocycles. The number of hydrogen-bond acceptors (Lipinski definition) is 5. The molecule has 0 N–H and O–H groups in total. The van der Waals surface area contributed by atoms with Crippen LogP contribution in [0.2, 0.25) is 0 Å². The Bertz CT molecular complexity index is 1170. The summed E-state index contributed by atoms with van der Waals surface area (Å²) in [6.07, 6.45) is 6.86. The molecule has 0 fully saturated rings. The van der Waals surface area contributed by atoms with Crippen molar-refractivity contribution >= 4 is 33.1 Å². The van der Waals surface area contributed by atoms with Crippen molar-refractivity contribution in [1.29, 1.82) is 0 Å². The molecule has 5 heteroatoms. The van der Waals surface area contributed by atoms with E-state index >= 15 is 0 Å². The van der Waals surface area contributed by atoms with E-state index in [2.05, 4.69) is 32.1 Å². The van der Waals surface area contributed by atoms with Gasteiger partial charge in [0.1, 0.15) is 5.52 Å². The van der Waals surface area contributed by atoms with Gasteiger partial charge in [-0.25, -0.2) is 15.0 Å². The lowest BCUT2D eigenvalue weighted by atomic mass is 10.1. The van der Waals surface area contributed by atoms with E-state index in [1.165, 1.54) is 0 Å². The second-order valence-electron chi connectivity index (χ2n) is 5.26. The molecule has 0 unspecified atom stereocenters. The minimum Gasteiger partial charge on any atom is -0.435 e. The monoisotopic (exact) mass is 298 g/mol. The zero-order chi connectivity index (χ0) is 15.2. The maximum Gasteiger partial charge on any atom is 0.247 e. The quantitative estimate of drug-likeness (QED) is 0.468. The molecule has 5 nitrogen and oxygen atoms in total. The molecule has 0 amide bonds. The van der Waals surface area contributed by atoms with Gasteiger partial charge in [0.25, 0.3) is 0 Å². The molecule has 0 aliphatic carbocycles. The molecule has 4 heterocycles. The largest absolute Gasteiger partial charge is 0.435 e. The zero-order valence-electron chi connectivity index (χ0n) is 12.0. The fourth-order valence-corrected chi connectivity index (χ4v) is 2.85. The van der Waals surface area contributed by atoms with Crippen LogP contribution in [0.3, 0.4) is 0 Å². The SMILES string of the molecule is c1ccc2c(-c3cnc4c(c3)oc3nccnc34)nccc2c1. The van der Waals surface area contributed by atoms with E-state index in [1.54, 1.807) is 18.6 Å². The number of fused-ring (bicyclic) bond motifs is 4. The first-order valence-corrected chi connectivity index (χ1v) is 7.23. The molecular weight excluding hydrogens is 288 g/mol. The standard InChI is InChI=1S/C18H10N4O/c1-2-4-13-11(3-1)5-6-19-15(13)12-9-14-16(22-10-12)17-18(23-14)21-8-7-20-17/h1-10H. The maximum atomic E-state index is 5.76. The lowest BCUT2D eigenvalue weighted by Gasteiger charge is -2.05. The molecule has 0 saturated carbocycles. The molecule has 0 bridgehead atoms. The molecular formula is C18H10N4O. The van der Waals surface area contributed by atoms with Gasteiger partial charge in [0.15, 0.2) is 11.1 Å². The molecule has 0 atom stereocenters. The van der Waals surface area contributed by atoms with Gasteiger partial charge in [-0.15, -0.1) is 0 Å². The van der Waals surface area contributed by atoms with Crippen molar-refractivity contribution in [2.45, 2.75) is 0 Å². The Morgan fingerprint density at radius 3 is 2.70 bits per heavy atom. The lowest BCUT2D eigenvalue weighted by molar-refractivity contribution is 0.652. The van der Waals surface area contributed by atoms with Crippen LogP contribution in [0, 0.1) is 0 Å². The molecule has 108 valence electrons. The van der Waals surface area contributed by atoms with Crippen LogP contribution in [0.15, 0.2) is 65.6 Å². The molecule has 23 heavy (non-hydrogen) atoms. The third-order valence-corrected chi connectivity index (χ3v) is 3.90. The number of furan rings is 1. The summed E-state index contributed by atoms with van der Waals surface area (Å²) in [7, 11) is 0. The van der Waals surface area contributed by atoms with Gasteiger partial charge in [0.2, 0.25) is 5.71 Å². The summed E-state index contributed by atoms with van der Waals surface area (Å²) in [5, 5.41) is 2.23. The van der Waals surface area contributed by atoms with Gasteiger partial charge in [-0.3, -0.25) is 4.98 Å². The third kappa shape index (κ3) is 1.80. The first-order valence-electron chi connectivity index (χ1n) is 7.23. The Labute approximate surface area is 130 Å². The summed E-state index contributed by atoms with van der Waals surface area (Å²) < 4.78 is 5.76. The fourth-order valence-electron chi connectivity index (χ4n) is 2.85. The number of hydrogen-bond donors (Lipinski definition) is 0. The number of pyridine rings is 2. The highest BCUT2D eigenvalue weighted by atomic mass is 16.3. The molecule has 0 spiro atoms. The smallest absolute Gasteiger partial charge is 0.247 e. The number of aromatic nitrogens is 4. The van der Waals surface area contributed by atoms with Crippen molar-refractivity contribution in [3.05, 3.63) is 61.2 Å². The second-order valence-corrected chi connectivity index (χ2v) is 5.26. The summed E-state index contributed by atoms with van der Waals surface area (Å²) in [4.78, 5) is 17.5. The highest BCUT2D eigenvalue weighted by Crippen LogP contribution is 2.30. The average molecular weight is 298 g/mol. The number of benzene rings is 1. The van der Waals surface area contributed by atoms with Gasteiger partial charge in [-0.1, -0.05) is 24.3 Å². The van der Waals surface area contributed by atoms with Crippen LogP contribution >= 0.6 is 0 Å². The van der Waals surface area contributed by atoms with Crippen molar-refractivity contribution in [2.75, 3.05) is 0 Å². The van der Waals surface area contributed by atoms with E-state index in [4.69, 9.17) is 4.42 Å². The van der Waals surface area contributed by atoms with Crippen molar-refractivity contribution < 1.29 is 4.42 Å². The summed E-state index contributed by atoms with van der Waals surface area (Å²) in [5.41, 5.74) is 4.36. The Balaban J connectivity index is 1.81. The number of rotatable bonds is 1. The molecule has 0 saturated heterocycles. The van der Waals surface area contributed by atoms with Crippen LogP contribution in [0.5, 0.6) is 0 Å². The van der Waals surface area contributed by atoms with E-state index in [0.717, 1.165) is 27.5 Å². The normalized spacial score (nSPS) is 11.5. The maximum absolute atomic E-state index is 5.76. The Morgan fingerprint density at radius 2 is 1.70 bits per heavy atom. The van der Waals surface area contributed by atoms with Crippen molar-refractivity contribution in [3.63, 3.8) is 0 Å². The van der Waals surface area contributed by atoms with Crippen molar-refractivity contribution in [3.8, 4) is 11.3 Å². The average Bonchev–Trinajstić information content (AvgIpc) is 2.99. The van der Waals surface area contributed by atoms with Gasteiger partial charge < -0.3 is 4.42 Å². The van der Waals surface area contributed by atoms with Gasteiger partial charge in [-0.05, 0) is 17.5 Å².